The predicted molar refractivity (Wildman–Crippen MR) is 48.4 cm³/mol. The van der Waals surface area contributed by atoms with Crippen molar-refractivity contribution >= 4 is 7.32 Å². The molecule has 1 aromatic rings. The molecule has 1 aromatic heterocycles. The number of rotatable bonds is 3. The molecule has 1 rings (SSSR count). The molecule has 0 unspecified atom stereocenters. The second-order valence-electron chi connectivity index (χ2n) is 3.35. The largest absolute Gasteiger partial charge is 0.708 e. The van der Waals surface area contributed by atoms with E-state index in [0.29, 0.717) is 6.07 Å². The molecule has 2 N–H and O–H groups in total. The molecule has 0 saturated heterocycles. The van der Waals surface area contributed by atoms with Crippen LogP contribution in [0.15, 0.2) is 6.07 Å². The van der Waals surface area contributed by atoms with Crippen LogP contribution in [0.5, 0.6) is 5.88 Å². The van der Waals surface area contributed by atoms with Gasteiger partial charge in [0, 0.05) is 6.07 Å². The highest BCUT2D eigenvalue weighted by Crippen LogP contribution is 2.31. The lowest BCUT2D eigenvalue weighted by Crippen LogP contribution is -2.23. The average Bonchev–Trinajstić information content (AvgIpc) is 2.45. The third-order valence-corrected chi connectivity index (χ3v) is 1.71. The molecule has 0 radical (unpaired) electrons. The molecule has 9 heteroatoms. The molecule has 0 saturated carbocycles. The number of aromatic nitrogens is 2. The monoisotopic (exact) mass is 238 g/mol. The van der Waals surface area contributed by atoms with Crippen LogP contribution >= 0.6 is 0 Å². The summed E-state index contributed by atoms with van der Waals surface area (Å²) in [7, 11) is -2.18. The Kier molecular flexibility index (Phi) is 3.49. The summed E-state index contributed by atoms with van der Waals surface area (Å²) in [5, 5.41) is 20.3. The fraction of sp³-hybridized carbons (Fsp3) is 0.571. The normalized spacial score (nSPS) is 12.0. The topological polar surface area (TPSA) is 67.5 Å². The maximum absolute atomic E-state index is 12.3. The molecule has 0 atom stereocenters. The summed E-state index contributed by atoms with van der Waals surface area (Å²) in [5.41, 5.74) is -1.14. The molecular formula is C7H10BF3N2O3. The summed E-state index contributed by atoms with van der Waals surface area (Å²) in [4.78, 5) is 0. The Morgan fingerprint density at radius 1 is 1.44 bits per heavy atom. The summed E-state index contributed by atoms with van der Waals surface area (Å²) < 4.78 is 42.3. The second-order valence-corrected chi connectivity index (χ2v) is 3.35. The first kappa shape index (κ1) is 12.9. The maximum Gasteiger partial charge on any atom is 0.708 e. The van der Waals surface area contributed by atoms with Gasteiger partial charge in [-0.25, -0.2) is 4.68 Å². The van der Waals surface area contributed by atoms with E-state index >= 15 is 0 Å². The van der Waals surface area contributed by atoms with Crippen LogP contribution in [0.25, 0.3) is 0 Å². The van der Waals surface area contributed by atoms with Gasteiger partial charge in [-0.3, -0.25) is 0 Å². The first-order valence-electron chi connectivity index (χ1n) is 4.41. The highest BCUT2D eigenvalue weighted by Gasteiger charge is 2.36. The molecule has 16 heavy (non-hydrogen) atoms. The highest BCUT2D eigenvalue weighted by atomic mass is 19.4. The molecule has 5 nitrogen and oxygen atoms in total. The van der Waals surface area contributed by atoms with Gasteiger partial charge in [0.1, 0.15) is 0 Å². The van der Waals surface area contributed by atoms with Gasteiger partial charge < -0.3 is 14.7 Å². The van der Waals surface area contributed by atoms with Crippen LogP contribution in [0.4, 0.5) is 13.2 Å². The highest BCUT2D eigenvalue weighted by molar-refractivity contribution is 6.33. The Labute approximate surface area is 89.6 Å². The van der Waals surface area contributed by atoms with E-state index in [9.17, 15) is 13.2 Å². The van der Waals surface area contributed by atoms with Crippen LogP contribution < -0.4 is 4.65 Å². The molecule has 0 bridgehead atoms. The van der Waals surface area contributed by atoms with Crippen molar-refractivity contribution in [1.29, 1.82) is 0 Å². The van der Waals surface area contributed by atoms with Crippen LogP contribution in [-0.4, -0.2) is 27.1 Å². The predicted octanol–water partition coefficient (Wildman–Crippen LogP) is 0.831. The van der Waals surface area contributed by atoms with E-state index in [1.165, 1.54) is 0 Å². The molecule has 0 spiro atoms. The zero-order valence-corrected chi connectivity index (χ0v) is 8.56. The van der Waals surface area contributed by atoms with E-state index in [-0.39, 0.29) is 5.88 Å². The summed E-state index contributed by atoms with van der Waals surface area (Å²) >= 11 is 0. The van der Waals surface area contributed by atoms with Crippen molar-refractivity contribution in [2.24, 2.45) is 0 Å². The van der Waals surface area contributed by atoms with Gasteiger partial charge in [0.2, 0.25) is 0 Å². The van der Waals surface area contributed by atoms with E-state index in [0.717, 1.165) is 4.68 Å². The van der Waals surface area contributed by atoms with Crippen molar-refractivity contribution in [2.75, 3.05) is 0 Å². The third kappa shape index (κ3) is 2.89. The first-order chi connectivity index (χ1) is 7.21. The minimum absolute atomic E-state index is 0.350. The summed E-state index contributed by atoms with van der Waals surface area (Å²) in [5.74, 6) is -0.350. The molecule has 1 heterocycles. The lowest BCUT2D eigenvalue weighted by molar-refractivity contribution is -0.141. The Balaban J connectivity index is 3.10. The van der Waals surface area contributed by atoms with Gasteiger partial charge in [-0.2, -0.15) is 18.3 Å². The Morgan fingerprint density at radius 3 is 2.38 bits per heavy atom. The molecule has 0 amide bonds. The molecule has 90 valence electrons. The minimum Gasteiger partial charge on any atom is -0.498 e. The van der Waals surface area contributed by atoms with Crippen LogP contribution in [0, 0.1) is 0 Å². The van der Waals surface area contributed by atoms with Gasteiger partial charge in [0.05, 0.1) is 6.04 Å². The van der Waals surface area contributed by atoms with Crippen molar-refractivity contribution in [3.8, 4) is 5.88 Å². The van der Waals surface area contributed by atoms with Crippen LogP contribution in [0.2, 0.25) is 0 Å². The second kappa shape index (κ2) is 4.34. The Hall–Kier alpha value is -1.22. The molecule has 0 aliphatic rings. The number of hydrogen-bond acceptors (Lipinski definition) is 4. The van der Waals surface area contributed by atoms with E-state index in [4.69, 9.17) is 10.0 Å². The van der Waals surface area contributed by atoms with Gasteiger partial charge in [0.25, 0.3) is 0 Å². The molecule has 0 aromatic carbocycles. The minimum atomic E-state index is -4.60. The quantitative estimate of drug-likeness (QED) is 0.765. The van der Waals surface area contributed by atoms with Crippen molar-refractivity contribution < 1.29 is 27.9 Å². The van der Waals surface area contributed by atoms with Crippen LogP contribution in [0.3, 0.4) is 0 Å². The van der Waals surface area contributed by atoms with E-state index in [1.807, 2.05) is 0 Å². The standard InChI is InChI=1S/C7H10BF3N2O3/c1-4(2)13-6(16-8(14)15)3-5(12-13)7(9,10)11/h3-4,14-15H,1-2H3. The number of alkyl halides is 3. The SMILES string of the molecule is CC(C)n1nc(C(F)(F)F)cc1OB(O)O. The zero-order valence-electron chi connectivity index (χ0n) is 8.56. The van der Waals surface area contributed by atoms with E-state index in [1.54, 1.807) is 13.8 Å². The van der Waals surface area contributed by atoms with Crippen molar-refractivity contribution in [2.45, 2.75) is 26.1 Å². The summed E-state index contributed by atoms with van der Waals surface area (Å²) in [6, 6.07) is 0.212. The summed E-state index contributed by atoms with van der Waals surface area (Å²) in [6.45, 7) is 3.17. The number of hydrogen-bond donors (Lipinski definition) is 2. The van der Waals surface area contributed by atoms with Crippen LogP contribution in [-0.2, 0) is 6.18 Å². The van der Waals surface area contributed by atoms with Crippen molar-refractivity contribution in [3.05, 3.63) is 11.8 Å². The first-order valence-corrected chi connectivity index (χ1v) is 4.41. The van der Waals surface area contributed by atoms with Crippen molar-refractivity contribution in [3.63, 3.8) is 0 Å². The van der Waals surface area contributed by atoms with Gasteiger partial charge in [-0.15, -0.1) is 0 Å². The maximum atomic E-state index is 12.3. The third-order valence-electron chi connectivity index (χ3n) is 1.71. The average molecular weight is 238 g/mol. The molecular weight excluding hydrogens is 228 g/mol. The fourth-order valence-corrected chi connectivity index (χ4v) is 1.08. The van der Waals surface area contributed by atoms with Gasteiger partial charge >= 0.3 is 13.5 Å². The summed E-state index contributed by atoms with van der Waals surface area (Å²) in [6.07, 6.45) is -4.60. The molecule has 0 fully saturated rings. The van der Waals surface area contributed by atoms with Crippen LogP contribution in [0.1, 0.15) is 25.6 Å². The Morgan fingerprint density at radius 2 is 2.00 bits per heavy atom. The fourth-order valence-electron chi connectivity index (χ4n) is 1.08. The number of nitrogens with zero attached hydrogens (tertiary/aromatic N) is 2. The number of halogens is 3. The van der Waals surface area contributed by atoms with Gasteiger partial charge in [-0.05, 0) is 13.8 Å². The Bertz CT molecular complexity index is 364. The lowest BCUT2D eigenvalue weighted by atomic mass is 10.2. The molecule has 0 aliphatic heterocycles. The smallest absolute Gasteiger partial charge is 0.498 e. The zero-order chi connectivity index (χ0) is 12.5. The van der Waals surface area contributed by atoms with Crippen molar-refractivity contribution in [1.82, 2.24) is 9.78 Å². The van der Waals surface area contributed by atoms with E-state index < -0.39 is 25.2 Å². The van der Waals surface area contributed by atoms with Gasteiger partial charge in [-0.1, -0.05) is 0 Å². The van der Waals surface area contributed by atoms with Gasteiger partial charge in [0.15, 0.2) is 11.6 Å². The van der Waals surface area contributed by atoms with E-state index in [2.05, 4.69) is 9.75 Å². The lowest BCUT2D eigenvalue weighted by Gasteiger charge is -2.10. The molecule has 0 aliphatic carbocycles.